The number of hydrogen-bond acceptors (Lipinski definition) is 7. The number of halogens is 6. The Balaban J connectivity index is 1.63. The van der Waals surface area contributed by atoms with E-state index in [9.17, 15) is 26.3 Å². The van der Waals surface area contributed by atoms with Crippen molar-refractivity contribution in [2.24, 2.45) is 0 Å². The van der Waals surface area contributed by atoms with E-state index in [4.69, 9.17) is 0 Å². The summed E-state index contributed by atoms with van der Waals surface area (Å²) in [5.41, 5.74) is -1.42. The van der Waals surface area contributed by atoms with Crippen molar-refractivity contribution in [3.63, 3.8) is 0 Å². The van der Waals surface area contributed by atoms with E-state index < -0.39 is 23.5 Å². The van der Waals surface area contributed by atoms with Crippen LogP contribution in [0.25, 0.3) is 11.4 Å². The lowest BCUT2D eigenvalue weighted by Crippen LogP contribution is -2.48. The lowest BCUT2D eigenvalue weighted by Gasteiger charge is -2.36. The molecule has 1 aliphatic heterocycles. The third kappa shape index (κ3) is 6.32. The molecule has 0 radical (unpaired) electrons. The van der Waals surface area contributed by atoms with Crippen molar-refractivity contribution >= 4 is 11.8 Å². The highest BCUT2D eigenvalue weighted by molar-refractivity contribution is 5.58. The molecule has 3 heterocycles. The molecular formula is C25H27F6N7. The molecule has 0 amide bonds. The van der Waals surface area contributed by atoms with Crippen molar-refractivity contribution in [2.45, 2.75) is 32.7 Å². The summed E-state index contributed by atoms with van der Waals surface area (Å²) < 4.78 is 80.4. The van der Waals surface area contributed by atoms with E-state index >= 15 is 0 Å². The summed E-state index contributed by atoms with van der Waals surface area (Å²) in [7, 11) is 0. The zero-order chi connectivity index (χ0) is 27.5. The highest BCUT2D eigenvalue weighted by Gasteiger charge is 2.36. The molecule has 0 unspecified atom stereocenters. The quantitative estimate of drug-likeness (QED) is 0.386. The average Bonchev–Trinajstić information content (AvgIpc) is 2.91. The van der Waals surface area contributed by atoms with Crippen molar-refractivity contribution in [1.82, 2.24) is 24.8 Å². The fourth-order valence-corrected chi connectivity index (χ4v) is 4.22. The van der Waals surface area contributed by atoms with Crippen LogP contribution in [0.2, 0.25) is 0 Å². The van der Waals surface area contributed by atoms with E-state index in [1.54, 1.807) is 9.80 Å². The summed E-state index contributed by atoms with van der Waals surface area (Å²) in [4.78, 5) is 22.9. The molecular weight excluding hydrogens is 512 g/mol. The number of hydrogen-bond donors (Lipinski definition) is 0. The Morgan fingerprint density at radius 1 is 0.816 bits per heavy atom. The fraction of sp³-hybridized carbons (Fsp3) is 0.440. The van der Waals surface area contributed by atoms with Gasteiger partial charge < -0.3 is 9.80 Å². The van der Waals surface area contributed by atoms with Crippen molar-refractivity contribution in [1.29, 1.82) is 0 Å². The number of rotatable bonds is 7. The Bertz CT molecular complexity index is 1240. The number of nitrogens with zero attached hydrogens (tertiary/aromatic N) is 7. The maximum absolute atomic E-state index is 13.5. The third-order valence-corrected chi connectivity index (χ3v) is 6.33. The smallest absolute Gasteiger partial charge is 0.353 e. The minimum Gasteiger partial charge on any atom is -0.353 e. The van der Waals surface area contributed by atoms with Crippen LogP contribution in [0.3, 0.4) is 0 Å². The first-order chi connectivity index (χ1) is 18.0. The summed E-state index contributed by atoms with van der Waals surface area (Å²) in [6.07, 6.45) is -7.73. The molecule has 38 heavy (non-hydrogen) atoms. The molecule has 0 spiro atoms. The van der Waals surface area contributed by atoms with Crippen molar-refractivity contribution in [3.8, 4) is 11.4 Å². The molecule has 0 atom stereocenters. The lowest BCUT2D eigenvalue weighted by molar-refractivity contribution is -0.138. The molecule has 1 fully saturated rings. The normalized spacial score (nSPS) is 14.9. The fourth-order valence-electron chi connectivity index (χ4n) is 4.22. The Labute approximate surface area is 216 Å². The predicted octanol–water partition coefficient (Wildman–Crippen LogP) is 5.14. The molecule has 1 aliphatic rings. The van der Waals surface area contributed by atoms with Crippen LogP contribution in [0.1, 0.15) is 30.8 Å². The van der Waals surface area contributed by atoms with Gasteiger partial charge in [-0.3, -0.25) is 4.90 Å². The van der Waals surface area contributed by atoms with Crippen LogP contribution < -0.4 is 9.80 Å². The molecule has 13 heteroatoms. The van der Waals surface area contributed by atoms with Crippen LogP contribution in [-0.4, -0.2) is 64.1 Å². The highest BCUT2D eigenvalue weighted by Crippen LogP contribution is 2.36. The number of anilines is 2. The second-order valence-electron chi connectivity index (χ2n) is 8.76. The Hall–Kier alpha value is -3.48. The monoisotopic (exact) mass is 539 g/mol. The number of benzene rings is 1. The van der Waals surface area contributed by atoms with Gasteiger partial charge in [0.25, 0.3) is 0 Å². The van der Waals surface area contributed by atoms with Gasteiger partial charge in [0.05, 0.1) is 17.7 Å². The summed E-state index contributed by atoms with van der Waals surface area (Å²) >= 11 is 0. The zero-order valence-corrected chi connectivity index (χ0v) is 20.9. The molecule has 204 valence electrons. The number of pyridine rings is 1. The van der Waals surface area contributed by atoms with E-state index in [-0.39, 0.29) is 36.2 Å². The number of alkyl halides is 6. The SMILES string of the molecule is CCN(CC)Cc1nc(-c2cccc(C(F)(F)F)c2)nc(N2CCN(c3ncccc3C(F)(F)F)CC2)n1. The topological polar surface area (TPSA) is 61.3 Å². The summed E-state index contributed by atoms with van der Waals surface area (Å²) in [6.45, 7) is 6.83. The van der Waals surface area contributed by atoms with Gasteiger partial charge in [-0.1, -0.05) is 26.0 Å². The largest absolute Gasteiger partial charge is 0.419 e. The maximum Gasteiger partial charge on any atom is 0.419 e. The molecule has 3 aromatic rings. The summed E-state index contributed by atoms with van der Waals surface area (Å²) in [5.74, 6) is 0.640. The van der Waals surface area contributed by atoms with Gasteiger partial charge in [0.2, 0.25) is 5.95 Å². The third-order valence-electron chi connectivity index (χ3n) is 6.33. The minimum absolute atomic E-state index is 0.106. The minimum atomic E-state index is -4.53. The van der Waals surface area contributed by atoms with E-state index in [2.05, 4.69) is 24.8 Å². The Morgan fingerprint density at radius 3 is 2.13 bits per heavy atom. The Morgan fingerprint density at radius 2 is 1.50 bits per heavy atom. The van der Waals surface area contributed by atoms with E-state index in [0.29, 0.717) is 25.5 Å². The molecule has 4 rings (SSSR count). The maximum atomic E-state index is 13.5. The van der Waals surface area contributed by atoms with Gasteiger partial charge in [0.1, 0.15) is 11.6 Å². The molecule has 1 saturated heterocycles. The molecule has 0 aliphatic carbocycles. The number of aromatic nitrogens is 4. The average molecular weight is 540 g/mol. The highest BCUT2D eigenvalue weighted by atomic mass is 19.4. The summed E-state index contributed by atoms with van der Waals surface area (Å²) in [5, 5.41) is 0. The number of piperazine rings is 1. The lowest BCUT2D eigenvalue weighted by atomic mass is 10.1. The second kappa shape index (κ2) is 11.1. The standard InChI is InChI=1S/C25H27F6N7/c1-3-36(4-2)16-20-33-21(17-7-5-8-18(15-17)24(26,27)28)35-23(34-20)38-13-11-37(12-14-38)22-19(25(29,30)31)9-6-10-32-22/h5-10,15H,3-4,11-14,16H2,1-2H3. The van der Waals surface area contributed by atoms with Crippen LogP contribution in [-0.2, 0) is 18.9 Å². The zero-order valence-electron chi connectivity index (χ0n) is 20.9. The van der Waals surface area contributed by atoms with Gasteiger partial charge in [0, 0.05) is 37.9 Å². The van der Waals surface area contributed by atoms with Gasteiger partial charge in [-0.05, 0) is 37.4 Å². The van der Waals surface area contributed by atoms with Crippen molar-refractivity contribution in [3.05, 3.63) is 59.5 Å². The predicted molar refractivity (Wildman–Crippen MR) is 131 cm³/mol. The van der Waals surface area contributed by atoms with Gasteiger partial charge in [-0.15, -0.1) is 0 Å². The van der Waals surface area contributed by atoms with Crippen LogP contribution in [0.5, 0.6) is 0 Å². The molecule has 1 aromatic carbocycles. The van der Waals surface area contributed by atoms with Crippen LogP contribution in [0.4, 0.5) is 38.1 Å². The molecule has 7 nitrogen and oxygen atoms in total. The first-order valence-electron chi connectivity index (χ1n) is 12.2. The van der Waals surface area contributed by atoms with Gasteiger partial charge in [0.15, 0.2) is 5.82 Å². The molecule has 0 bridgehead atoms. The summed E-state index contributed by atoms with van der Waals surface area (Å²) in [6, 6.07) is 7.04. The van der Waals surface area contributed by atoms with Gasteiger partial charge in [-0.2, -0.15) is 36.3 Å². The second-order valence-corrected chi connectivity index (χ2v) is 8.76. The van der Waals surface area contributed by atoms with E-state index in [0.717, 1.165) is 31.3 Å². The van der Waals surface area contributed by atoms with E-state index in [1.807, 2.05) is 13.8 Å². The molecule has 2 aromatic heterocycles. The van der Waals surface area contributed by atoms with Crippen molar-refractivity contribution < 1.29 is 26.3 Å². The van der Waals surface area contributed by atoms with Crippen LogP contribution in [0.15, 0.2) is 42.6 Å². The molecule has 0 N–H and O–H groups in total. The van der Waals surface area contributed by atoms with Gasteiger partial charge >= 0.3 is 12.4 Å². The van der Waals surface area contributed by atoms with Crippen LogP contribution >= 0.6 is 0 Å². The van der Waals surface area contributed by atoms with E-state index in [1.165, 1.54) is 24.4 Å². The first kappa shape index (κ1) is 27.6. The molecule has 0 saturated carbocycles. The van der Waals surface area contributed by atoms with Crippen molar-refractivity contribution in [2.75, 3.05) is 49.1 Å². The first-order valence-corrected chi connectivity index (χ1v) is 12.2. The van der Waals surface area contributed by atoms with Gasteiger partial charge in [-0.25, -0.2) is 9.97 Å². The van der Waals surface area contributed by atoms with Crippen LogP contribution in [0, 0.1) is 0 Å². The Kier molecular flexibility index (Phi) is 8.05.